The summed E-state index contributed by atoms with van der Waals surface area (Å²) in [6, 6.07) is 7.31. The largest absolute Gasteiger partial charge is 0.495 e. The molecule has 0 saturated heterocycles. The van der Waals surface area contributed by atoms with E-state index in [1.165, 1.54) is 0 Å². The van der Waals surface area contributed by atoms with Gasteiger partial charge in [0.2, 0.25) is 0 Å². The minimum absolute atomic E-state index is 0.134. The molecule has 2 aromatic rings. The normalized spacial score (nSPS) is 18.6. The molecule has 8 nitrogen and oxygen atoms in total. The second kappa shape index (κ2) is 12.6. The van der Waals surface area contributed by atoms with Crippen molar-refractivity contribution in [1.82, 2.24) is 0 Å². The van der Waals surface area contributed by atoms with Crippen LogP contribution < -0.4 is 20.4 Å². The van der Waals surface area contributed by atoms with Gasteiger partial charge < -0.3 is 39.0 Å². The van der Waals surface area contributed by atoms with E-state index in [1.54, 1.807) is 39.8 Å². The van der Waals surface area contributed by atoms with Crippen LogP contribution in [0.25, 0.3) is 0 Å². The molecule has 4 N–H and O–H groups in total. The molecule has 4 rings (SSSR count). The molecule has 0 aliphatic carbocycles. The van der Waals surface area contributed by atoms with E-state index in [9.17, 15) is 20.3 Å². The van der Waals surface area contributed by atoms with Crippen molar-refractivity contribution >= 4 is 57.0 Å². The Morgan fingerprint density at radius 1 is 0.737 bits per heavy atom. The summed E-state index contributed by atoms with van der Waals surface area (Å²) in [6.07, 6.45) is 1.28. The van der Waals surface area contributed by atoms with E-state index in [0.717, 1.165) is 32.9 Å². The van der Waals surface area contributed by atoms with Gasteiger partial charge in [0, 0.05) is 19.9 Å². The summed E-state index contributed by atoms with van der Waals surface area (Å²) in [7, 11) is -1.96. The van der Waals surface area contributed by atoms with Gasteiger partial charge >= 0.3 is 14.2 Å². The number of rotatable bonds is 8. The van der Waals surface area contributed by atoms with Crippen LogP contribution in [0.4, 0.5) is 0 Å². The van der Waals surface area contributed by atoms with E-state index in [1.807, 2.05) is 26.0 Å². The number of ether oxygens (including phenoxy) is 2. The van der Waals surface area contributed by atoms with Crippen LogP contribution in [0.2, 0.25) is 0 Å². The monoisotopic (exact) mass is 656 g/mol. The molecular formula is C26H36B2Br2O8. The van der Waals surface area contributed by atoms with Gasteiger partial charge in [0.25, 0.3) is 0 Å². The topological polar surface area (TPSA) is 118 Å². The number of fused-ring (bicyclic) bond motifs is 2. The lowest BCUT2D eigenvalue weighted by Gasteiger charge is -2.20. The predicted molar refractivity (Wildman–Crippen MR) is 155 cm³/mol. The molecule has 0 bridgehead atoms. The molecule has 2 aliphatic heterocycles. The van der Waals surface area contributed by atoms with Crippen molar-refractivity contribution < 1.29 is 39.0 Å². The zero-order chi connectivity index (χ0) is 28.4. The smallest absolute Gasteiger partial charge is 0.491 e. The van der Waals surface area contributed by atoms with Crippen LogP contribution >= 0.6 is 31.9 Å². The van der Waals surface area contributed by atoms with Crippen LogP contribution in [0.3, 0.4) is 0 Å². The molecule has 0 aromatic heterocycles. The molecule has 0 fully saturated rings. The Balaban J connectivity index is 0.000000211. The van der Waals surface area contributed by atoms with Gasteiger partial charge in [0.05, 0.1) is 23.4 Å². The molecule has 2 heterocycles. The summed E-state index contributed by atoms with van der Waals surface area (Å²) in [4.78, 5) is 0. The van der Waals surface area contributed by atoms with Gasteiger partial charge in [0.1, 0.15) is 24.7 Å². The lowest BCUT2D eigenvalue weighted by atomic mass is 9.78. The molecular weight excluding hydrogens is 622 g/mol. The van der Waals surface area contributed by atoms with E-state index in [-0.39, 0.29) is 25.4 Å². The van der Waals surface area contributed by atoms with E-state index in [0.29, 0.717) is 22.4 Å². The molecule has 2 aromatic carbocycles. The molecule has 1 unspecified atom stereocenters. The predicted octanol–water partition coefficient (Wildman–Crippen LogP) is 3.54. The second-order valence-corrected chi connectivity index (χ2v) is 12.4. The van der Waals surface area contributed by atoms with E-state index in [4.69, 9.17) is 18.8 Å². The number of halogens is 2. The van der Waals surface area contributed by atoms with Gasteiger partial charge in [-0.25, -0.2) is 0 Å². The van der Waals surface area contributed by atoms with Gasteiger partial charge in [0.15, 0.2) is 0 Å². The number of hydrogen-bond acceptors (Lipinski definition) is 8. The van der Waals surface area contributed by atoms with Crippen LogP contribution in [-0.2, 0) is 9.31 Å². The summed E-state index contributed by atoms with van der Waals surface area (Å²) in [5.41, 5.74) is 1.34. The SMILES string of the molecule is CCC1OB(O)c2c(OCC(C)(C)O)ccc(Br)c21.CC[C@H]1OB(O)c2c(OCC(C)(C)O)ccc(Br)c21. The maximum Gasteiger partial charge on any atom is 0.495 e. The maximum atomic E-state index is 10.0. The summed E-state index contributed by atoms with van der Waals surface area (Å²) in [5.74, 6) is 1.12. The quantitative estimate of drug-likeness (QED) is 0.319. The number of benzene rings is 2. The lowest BCUT2D eigenvalue weighted by Crippen LogP contribution is -2.33. The Labute approximate surface area is 242 Å². The van der Waals surface area contributed by atoms with Crippen molar-refractivity contribution in [3.8, 4) is 11.5 Å². The first-order valence-corrected chi connectivity index (χ1v) is 14.3. The Bertz CT molecular complexity index is 1030. The van der Waals surface area contributed by atoms with Crippen LogP contribution in [0.1, 0.15) is 77.7 Å². The van der Waals surface area contributed by atoms with Gasteiger partial charge in [-0.05, 0) is 75.9 Å². The third kappa shape index (κ3) is 7.54. The summed E-state index contributed by atoms with van der Waals surface area (Å²) < 4.78 is 24.1. The molecule has 2 aliphatic rings. The van der Waals surface area contributed by atoms with Crippen LogP contribution in [0, 0.1) is 0 Å². The van der Waals surface area contributed by atoms with Crippen molar-refractivity contribution in [3.05, 3.63) is 44.3 Å². The Morgan fingerprint density at radius 3 is 1.37 bits per heavy atom. The van der Waals surface area contributed by atoms with Crippen LogP contribution in [0.15, 0.2) is 33.2 Å². The minimum atomic E-state index is -0.978. The molecule has 12 heteroatoms. The number of hydrogen-bond donors (Lipinski definition) is 4. The zero-order valence-electron chi connectivity index (χ0n) is 22.6. The third-order valence-electron chi connectivity index (χ3n) is 6.02. The Morgan fingerprint density at radius 2 is 1.08 bits per heavy atom. The fraction of sp³-hybridized carbons (Fsp3) is 0.538. The highest BCUT2D eigenvalue weighted by Gasteiger charge is 2.40. The highest BCUT2D eigenvalue weighted by atomic mass is 79.9. The van der Waals surface area contributed by atoms with Gasteiger partial charge in [-0.15, -0.1) is 0 Å². The van der Waals surface area contributed by atoms with Gasteiger partial charge in [-0.2, -0.15) is 0 Å². The highest BCUT2D eigenvalue weighted by molar-refractivity contribution is 9.10. The fourth-order valence-corrected chi connectivity index (χ4v) is 5.49. The fourth-order valence-electron chi connectivity index (χ4n) is 4.29. The molecule has 208 valence electrons. The first-order chi connectivity index (χ1) is 17.7. The standard InChI is InChI=1S/2C13H18BBrO4/c2*1-4-9-11-8(15)5-6-10(12(11)14(17)19-9)18-7-13(2,3)16/h2*5-6,9,16-17H,4,7H2,1-3H3/t9-;/m1./s1. The summed E-state index contributed by atoms with van der Waals surface area (Å²) >= 11 is 6.97. The molecule has 0 radical (unpaired) electrons. The molecule has 38 heavy (non-hydrogen) atoms. The highest BCUT2D eigenvalue weighted by Crippen LogP contribution is 2.36. The van der Waals surface area contributed by atoms with Gasteiger partial charge in [-0.3, -0.25) is 0 Å². The molecule has 0 saturated carbocycles. The first kappa shape index (κ1) is 31.4. The molecule has 0 spiro atoms. The molecule has 2 atom stereocenters. The zero-order valence-corrected chi connectivity index (χ0v) is 25.8. The Kier molecular flexibility index (Phi) is 10.4. The number of aliphatic hydroxyl groups is 2. The van der Waals surface area contributed by atoms with Crippen LogP contribution in [-0.4, -0.2) is 58.9 Å². The summed E-state index contributed by atoms with van der Waals surface area (Å²) in [5, 5.41) is 39.5. The average molecular weight is 658 g/mol. The van der Waals surface area contributed by atoms with Crippen molar-refractivity contribution in [2.75, 3.05) is 13.2 Å². The second-order valence-electron chi connectivity index (χ2n) is 10.7. The van der Waals surface area contributed by atoms with E-state index in [2.05, 4.69) is 31.9 Å². The summed E-state index contributed by atoms with van der Waals surface area (Å²) in [6.45, 7) is 11.0. The van der Waals surface area contributed by atoms with Crippen molar-refractivity contribution in [2.24, 2.45) is 0 Å². The lowest BCUT2D eigenvalue weighted by molar-refractivity contribution is 0.0285. The van der Waals surface area contributed by atoms with Crippen molar-refractivity contribution in [1.29, 1.82) is 0 Å². The minimum Gasteiger partial charge on any atom is -0.491 e. The Hall–Kier alpha value is -1.11. The van der Waals surface area contributed by atoms with Crippen molar-refractivity contribution in [3.63, 3.8) is 0 Å². The maximum absolute atomic E-state index is 10.0. The first-order valence-electron chi connectivity index (χ1n) is 12.7. The van der Waals surface area contributed by atoms with E-state index >= 15 is 0 Å². The molecule has 0 amide bonds. The van der Waals surface area contributed by atoms with Crippen LogP contribution in [0.5, 0.6) is 11.5 Å². The van der Waals surface area contributed by atoms with Crippen molar-refractivity contribution in [2.45, 2.75) is 77.8 Å². The average Bonchev–Trinajstić information content (AvgIpc) is 3.36. The van der Waals surface area contributed by atoms with E-state index < -0.39 is 25.4 Å². The van der Waals surface area contributed by atoms with Gasteiger partial charge in [-0.1, -0.05) is 45.7 Å². The third-order valence-corrected chi connectivity index (χ3v) is 7.40.